The second-order valence-corrected chi connectivity index (χ2v) is 5.68. The fourth-order valence-electron chi connectivity index (χ4n) is 2.61. The molecule has 18 heavy (non-hydrogen) atoms. The van der Waals surface area contributed by atoms with Crippen LogP contribution in [-0.4, -0.2) is 50.3 Å². The minimum atomic E-state index is 0.679. The summed E-state index contributed by atoms with van der Waals surface area (Å²) in [6.45, 7) is 8.83. The van der Waals surface area contributed by atoms with Crippen molar-refractivity contribution in [1.29, 1.82) is 0 Å². The minimum Gasteiger partial charge on any atom is -0.381 e. The first-order valence-corrected chi connectivity index (χ1v) is 7.75. The zero-order valence-corrected chi connectivity index (χ0v) is 12.6. The number of hydrogen-bond donors (Lipinski definition) is 1. The highest BCUT2D eigenvalue weighted by molar-refractivity contribution is 4.72. The Morgan fingerprint density at radius 1 is 1.28 bits per heavy atom. The van der Waals surface area contributed by atoms with Gasteiger partial charge in [0.05, 0.1) is 0 Å². The maximum Gasteiger partial charge on any atom is 0.0480 e. The van der Waals surface area contributed by atoms with Crippen LogP contribution in [0.1, 0.15) is 52.4 Å². The van der Waals surface area contributed by atoms with Gasteiger partial charge >= 0.3 is 0 Å². The SMILES string of the molecule is CCCNC(C)CCCCN(C)C1CCOCC1. The molecule has 1 unspecified atom stereocenters. The molecule has 0 radical (unpaired) electrons. The maximum absolute atomic E-state index is 5.41. The second-order valence-electron chi connectivity index (χ2n) is 5.68. The molecule has 108 valence electrons. The third-order valence-corrected chi connectivity index (χ3v) is 3.95. The predicted octanol–water partition coefficient (Wildman–Crippen LogP) is 2.66. The van der Waals surface area contributed by atoms with Crippen LogP contribution in [0.15, 0.2) is 0 Å². The third-order valence-electron chi connectivity index (χ3n) is 3.95. The normalized spacial score (nSPS) is 19.3. The summed E-state index contributed by atoms with van der Waals surface area (Å²) in [6.07, 6.45) is 7.63. The molecule has 0 saturated carbocycles. The Hall–Kier alpha value is -0.120. The monoisotopic (exact) mass is 256 g/mol. The summed E-state index contributed by atoms with van der Waals surface area (Å²) in [6, 6.07) is 1.44. The van der Waals surface area contributed by atoms with E-state index in [0.717, 1.165) is 25.8 Å². The van der Waals surface area contributed by atoms with Gasteiger partial charge < -0.3 is 15.0 Å². The highest BCUT2D eigenvalue weighted by Gasteiger charge is 2.17. The first-order chi connectivity index (χ1) is 8.74. The van der Waals surface area contributed by atoms with Crippen molar-refractivity contribution in [3.05, 3.63) is 0 Å². The van der Waals surface area contributed by atoms with Gasteiger partial charge in [0.15, 0.2) is 0 Å². The molecule has 1 fully saturated rings. The van der Waals surface area contributed by atoms with Crippen molar-refractivity contribution in [2.75, 3.05) is 33.4 Å². The maximum atomic E-state index is 5.41. The molecule has 1 heterocycles. The molecule has 1 N–H and O–H groups in total. The molecule has 1 aliphatic heterocycles. The second kappa shape index (κ2) is 9.76. The minimum absolute atomic E-state index is 0.679. The van der Waals surface area contributed by atoms with Crippen LogP contribution in [0, 0.1) is 0 Å². The van der Waals surface area contributed by atoms with E-state index in [9.17, 15) is 0 Å². The lowest BCUT2D eigenvalue weighted by molar-refractivity contribution is 0.0425. The lowest BCUT2D eigenvalue weighted by Crippen LogP contribution is -2.37. The van der Waals surface area contributed by atoms with Crippen LogP contribution in [0.5, 0.6) is 0 Å². The van der Waals surface area contributed by atoms with Crippen molar-refractivity contribution in [2.24, 2.45) is 0 Å². The van der Waals surface area contributed by atoms with Gasteiger partial charge in [0, 0.05) is 25.3 Å². The number of nitrogens with one attached hydrogen (secondary N) is 1. The van der Waals surface area contributed by atoms with Crippen molar-refractivity contribution >= 4 is 0 Å². The van der Waals surface area contributed by atoms with Crippen molar-refractivity contribution in [1.82, 2.24) is 10.2 Å². The van der Waals surface area contributed by atoms with Gasteiger partial charge in [-0.2, -0.15) is 0 Å². The van der Waals surface area contributed by atoms with Crippen LogP contribution >= 0.6 is 0 Å². The summed E-state index contributed by atoms with van der Waals surface area (Å²) >= 11 is 0. The number of unbranched alkanes of at least 4 members (excludes halogenated alkanes) is 1. The van der Waals surface area contributed by atoms with E-state index < -0.39 is 0 Å². The Morgan fingerprint density at radius 3 is 2.67 bits per heavy atom. The molecule has 1 atom stereocenters. The molecular weight excluding hydrogens is 224 g/mol. The summed E-state index contributed by atoms with van der Waals surface area (Å²) in [5.41, 5.74) is 0. The summed E-state index contributed by atoms with van der Waals surface area (Å²) in [4.78, 5) is 2.53. The molecule has 0 aromatic heterocycles. The molecule has 0 aromatic carbocycles. The van der Waals surface area contributed by atoms with Gasteiger partial charge in [-0.15, -0.1) is 0 Å². The Balaban J connectivity index is 1.99. The van der Waals surface area contributed by atoms with Crippen LogP contribution in [0.3, 0.4) is 0 Å². The number of hydrogen-bond acceptors (Lipinski definition) is 3. The van der Waals surface area contributed by atoms with Gasteiger partial charge in [0.2, 0.25) is 0 Å². The smallest absolute Gasteiger partial charge is 0.0480 e. The number of nitrogens with zero attached hydrogens (tertiary/aromatic N) is 1. The molecule has 3 nitrogen and oxygen atoms in total. The predicted molar refractivity (Wildman–Crippen MR) is 78.1 cm³/mol. The Bertz CT molecular complexity index is 193. The third kappa shape index (κ3) is 6.72. The summed E-state index contributed by atoms with van der Waals surface area (Å²) in [7, 11) is 2.27. The van der Waals surface area contributed by atoms with E-state index in [1.807, 2.05) is 0 Å². The fourth-order valence-corrected chi connectivity index (χ4v) is 2.61. The summed E-state index contributed by atoms with van der Waals surface area (Å²) in [5, 5.41) is 3.55. The largest absolute Gasteiger partial charge is 0.381 e. The van der Waals surface area contributed by atoms with Crippen molar-refractivity contribution < 1.29 is 4.74 Å². The van der Waals surface area contributed by atoms with Crippen LogP contribution < -0.4 is 5.32 Å². The summed E-state index contributed by atoms with van der Waals surface area (Å²) in [5.74, 6) is 0. The Kier molecular flexibility index (Phi) is 8.64. The Labute approximate surface area is 113 Å². The van der Waals surface area contributed by atoms with Crippen LogP contribution in [0.25, 0.3) is 0 Å². The molecule has 0 aliphatic carbocycles. The fraction of sp³-hybridized carbons (Fsp3) is 1.00. The number of rotatable bonds is 9. The molecule has 0 aromatic rings. The number of ether oxygens (including phenoxy) is 1. The Morgan fingerprint density at radius 2 is 2.00 bits per heavy atom. The average molecular weight is 256 g/mol. The van der Waals surface area contributed by atoms with Crippen molar-refractivity contribution in [3.8, 4) is 0 Å². The first kappa shape index (κ1) is 15.9. The van der Waals surface area contributed by atoms with Gasteiger partial charge in [-0.05, 0) is 59.2 Å². The molecule has 0 amide bonds. The van der Waals surface area contributed by atoms with Gasteiger partial charge in [-0.1, -0.05) is 13.3 Å². The van der Waals surface area contributed by atoms with E-state index in [0.29, 0.717) is 6.04 Å². The topological polar surface area (TPSA) is 24.5 Å². The zero-order valence-electron chi connectivity index (χ0n) is 12.6. The van der Waals surface area contributed by atoms with E-state index in [-0.39, 0.29) is 0 Å². The van der Waals surface area contributed by atoms with E-state index >= 15 is 0 Å². The van der Waals surface area contributed by atoms with Crippen molar-refractivity contribution in [3.63, 3.8) is 0 Å². The molecule has 1 aliphatic rings. The van der Waals surface area contributed by atoms with Gasteiger partial charge in [-0.25, -0.2) is 0 Å². The van der Waals surface area contributed by atoms with E-state index in [4.69, 9.17) is 4.74 Å². The highest BCUT2D eigenvalue weighted by atomic mass is 16.5. The lowest BCUT2D eigenvalue weighted by atomic mass is 10.1. The van der Waals surface area contributed by atoms with E-state index in [1.54, 1.807) is 0 Å². The van der Waals surface area contributed by atoms with Gasteiger partial charge in [-0.3, -0.25) is 0 Å². The van der Waals surface area contributed by atoms with Gasteiger partial charge in [0.1, 0.15) is 0 Å². The van der Waals surface area contributed by atoms with Crippen molar-refractivity contribution in [2.45, 2.75) is 64.5 Å². The van der Waals surface area contributed by atoms with Crippen LogP contribution in [0.2, 0.25) is 0 Å². The molecule has 1 rings (SSSR count). The molecule has 1 saturated heterocycles. The quantitative estimate of drug-likeness (QED) is 0.642. The first-order valence-electron chi connectivity index (χ1n) is 7.75. The average Bonchev–Trinajstić information content (AvgIpc) is 2.42. The zero-order chi connectivity index (χ0) is 13.2. The lowest BCUT2D eigenvalue weighted by Gasteiger charge is -2.31. The van der Waals surface area contributed by atoms with Gasteiger partial charge in [0.25, 0.3) is 0 Å². The molecular formula is C15H32N2O. The highest BCUT2D eigenvalue weighted by Crippen LogP contribution is 2.13. The van der Waals surface area contributed by atoms with Crippen LogP contribution in [-0.2, 0) is 4.74 Å². The van der Waals surface area contributed by atoms with Crippen LogP contribution in [0.4, 0.5) is 0 Å². The van der Waals surface area contributed by atoms with E-state index in [1.165, 1.54) is 45.1 Å². The molecule has 3 heteroatoms. The summed E-state index contributed by atoms with van der Waals surface area (Å²) < 4.78 is 5.41. The molecule has 0 bridgehead atoms. The van der Waals surface area contributed by atoms with E-state index in [2.05, 4.69) is 31.1 Å². The standard InChI is InChI=1S/C15H32N2O/c1-4-10-16-14(2)7-5-6-11-17(3)15-8-12-18-13-9-15/h14-16H,4-13H2,1-3H3. The molecule has 0 spiro atoms.